The standard InChI is InChI=1S/C30H38O6/c1-35-29(33)13-7-9-23-15-19-25(20-16-23)27(31)11-5-3-4-6-12-28(32)26-21-17-24(18-22-26)10-8-14-30(34)36-2/h15-22H,3-14H2,1-2H3. The third kappa shape index (κ3) is 11.0. The van der Waals surface area contributed by atoms with E-state index in [1.54, 1.807) is 0 Å². The molecular weight excluding hydrogens is 456 g/mol. The monoisotopic (exact) mass is 494 g/mol. The van der Waals surface area contributed by atoms with Gasteiger partial charge in [-0.25, -0.2) is 0 Å². The maximum Gasteiger partial charge on any atom is 0.305 e. The molecule has 2 aromatic carbocycles. The Labute approximate surface area is 214 Å². The van der Waals surface area contributed by atoms with Crippen LogP contribution in [0.3, 0.4) is 0 Å². The Kier molecular flexibility index (Phi) is 13.2. The topological polar surface area (TPSA) is 86.7 Å². The van der Waals surface area contributed by atoms with Gasteiger partial charge in [-0.15, -0.1) is 0 Å². The van der Waals surface area contributed by atoms with Crippen molar-refractivity contribution in [1.82, 2.24) is 0 Å². The summed E-state index contributed by atoms with van der Waals surface area (Å²) >= 11 is 0. The van der Waals surface area contributed by atoms with Gasteiger partial charge < -0.3 is 9.47 Å². The van der Waals surface area contributed by atoms with Crippen molar-refractivity contribution in [2.75, 3.05) is 14.2 Å². The van der Waals surface area contributed by atoms with Gasteiger partial charge in [-0.2, -0.15) is 0 Å². The van der Waals surface area contributed by atoms with Crippen molar-refractivity contribution >= 4 is 23.5 Å². The largest absolute Gasteiger partial charge is 0.469 e. The second-order valence-corrected chi connectivity index (χ2v) is 9.01. The molecule has 0 heterocycles. The SMILES string of the molecule is COC(=O)CCCc1ccc(C(=O)CCCCCCC(=O)c2ccc(CCCC(=O)OC)cc2)cc1. The van der Waals surface area contributed by atoms with Crippen LogP contribution >= 0.6 is 0 Å². The van der Waals surface area contributed by atoms with E-state index in [4.69, 9.17) is 0 Å². The van der Waals surface area contributed by atoms with Crippen LogP contribution in [0, 0.1) is 0 Å². The fourth-order valence-electron chi connectivity index (χ4n) is 4.01. The zero-order valence-electron chi connectivity index (χ0n) is 21.6. The first-order chi connectivity index (χ1) is 17.4. The lowest BCUT2D eigenvalue weighted by Crippen LogP contribution is -2.02. The van der Waals surface area contributed by atoms with E-state index in [0.29, 0.717) is 25.7 Å². The lowest BCUT2D eigenvalue weighted by atomic mass is 9.99. The molecule has 0 aliphatic carbocycles. The number of rotatable bonds is 17. The van der Waals surface area contributed by atoms with Gasteiger partial charge in [-0.1, -0.05) is 61.4 Å². The van der Waals surface area contributed by atoms with E-state index < -0.39 is 0 Å². The normalized spacial score (nSPS) is 10.6. The molecule has 0 aliphatic rings. The summed E-state index contributed by atoms with van der Waals surface area (Å²) in [5, 5.41) is 0. The molecule has 0 aliphatic heterocycles. The molecule has 0 aromatic heterocycles. The molecule has 36 heavy (non-hydrogen) atoms. The van der Waals surface area contributed by atoms with Gasteiger partial charge in [0.15, 0.2) is 11.6 Å². The summed E-state index contributed by atoms with van der Waals surface area (Å²) in [6, 6.07) is 15.2. The predicted octanol–water partition coefficient (Wildman–Crippen LogP) is 6.08. The smallest absolute Gasteiger partial charge is 0.305 e. The molecule has 194 valence electrons. The van der Waals surface area contributed by atoms with Crippen LogP contribution < -0.4 is 0 Å². The number of unbranched alkanes of at least 4 members (excludes halogenated alkanes) is 3. The van der Waals surface area contributed by atoms with Gasteiger partial charge in [0, 0.05) is 36.8 Å². The van der Waals surface area contributed by atoms with Crippen molar-refractivity contribution in [2.45, 2.75) is 77.0 Å². The number of carbonyl (C=O) groups is 4. The average molecular weight is 495 g/mol. The molecular formula is C30H38O6. The van der Waals surface area contributed by atoms with Gasteiger partial charge in [0.25, 0.3) is 0 Å². The molecule has 2 aromatic rings. The van der Waals surface area contributed by atoms with E-state index in [2.05, 4.69) is 9.47 Å². The number of carbonyl (C=O) groups excluding carboxylic acids is 4. The summed E-state index contributed by atoms with van der Waals surface area (Å²) in [6.45, 7) is 0. The van der Waals surface area contributed by atoms with Gasteiger partial charge in [0.1, 0.15) is 0 Å². The second-order valence-electron chi connectivity index (χ2n) is 9.01. The van der Waals surface area contributed by atoms with Crippen molar-refractivity contribution in [3.8, 4) is 0 Å². The minimum atomic E-state index is -0.203. The van der Waals surface area contributed by atoms with Gasteiger partial charge in [-0.05, 0) is 49.7 Å². The van der Waals surface area contributed by atoms with Crippen molar-refractivity contribution < 1.29 is 28.7 Å². The maximum absolute atomic E-state index is 12.4. The first-order valence-electron chi connectivity index (χ1n) is 12.8. The summed E-state index contributed by atoms with van der Waals surface area (Å²) in [7, 11) is 2.78. The van der Waals surface area contributed by atoms with E-state index >= 15 is 0 Å². The summed E-state index contributed by atoms with van der Waals surface area (Å²) in [6.07, 6.45) is 8.30. The minimum Gasteiger partial charge on any atom is -0.469 e. The van der Waals surface area contributed by atoms with Crippen molar-refractivity contribution in [3.05, 3.63) is 70.8 Å². The summed E-state index contributed by atoms with van der Waals surface area (Å²) in [4.78, 5) is 47.2. The number of esters is 2. The highest BCUT2D eigenvalue weighted by molar-refractivity contribution is 5.96. The molecule has 0 amide bonds. The van der Waals surface area contributed by atoms with Crippen LogP contribution in [0.5, 0.6) is 0 Å². The molecule has 0 spiro atoms. The van der Waals surface area contributed by atoms with Crippen molar-refractivity contribution in [2.24, 2.45) is 0 Å². The van der Waals surface area contributed by atoms with E-state index in [0.717, 1.165) is 73.6 Å². The highest BCUT2D eigenvalue weighted by atomic mass is 16.5. The highest BCUT2D eigenvalue weighted by Gasteiger charge is 2.09. The van der Waals surface area contributed by atoms with Crippen molar-refractivity contribution in [1.29, 1.82) is 0 Å². The van der Waals surface area contributed by atoms with Crippen LogP contribution in [0.2, 0.25) is 0 Å². The average Bonchev–Trinajstić information content (AvgIpc) is 2.90. The van der Waals surface area contributed by atoms with E-state index in [-0.39, 0.29) is 23.5 Å². The van der Waals surface area contributed by atoms with Crippen LogP contribution in [0.4, 0.5) is 0 Å². The Morgan fingerprint density at radius 2 is 0.861 bits per heavy atom. The first-order valence-corrected chi connectivity index (χ1v) is 12.8. The van der Waals surface area contributed by atoms with Crippen LogP contribution in [0.25, 0.3) is 0 Å². The molecule has 0 N–H and O–H groups in total. The summed E-state index contributed by atoms with van der Waals surface area (Å²) in [5.74, 6) is -0.131. The molecule has 6 nitrogen and oxygen atoms in total. The summed E-state index contributed by atoms with van der Waals surface area (Å²) in [5.41, 5.74) is 3.65. The van der Waals surface area contributed by atoms with E-state index in [9.17, 15) is 19.2 Å². The van der Waals surface area contributed by atoms with Crippen molar-refractivity contribution in [3.63, 3.8) is 0 Å². The Bertz CT molecular complexity index is 894. The fourth-order valence-corrected chi connectivity index (χ4v) is 4.01. The zero-order chi connectivity index (χ0) is 26.2. The molecule has 0 atom stereocenters. The molecule has 0 radical (unpaired) electrons. The highest BCUT2D eigenvalue weighted by Crippen LogP contribution is 2.15. The van der Waals surface area contributed by atoms with Crippen LogP contribution in [-0.2, 0) is 31.9 Å². The van der Waals surface area contributed by atoms with E-state index in [1.807, 2.05) is 48.5 Å². The fraction of sp³-hybridized carbons (Fsp3) is 0.467. The molecule has 0 saturated heterocycles. The number of ketones is 2. The Balaban J connectivity index is 1.59. The number of ether oxygens (including phenoxy) is 2. The van der Waals surface area contributed by atoms with Gasteiger partial charge in [0.05, 0.1) is 14.2 Å². The Morgan fingerprint density at radius 3 is 1.19 bits per heavy atom. The van der Waals surface area contributed by atoms with E-state index in [1.165, 1.54) is 14.2 Å². The number of aryl methyl sites for hydroxylation is 2. The predicted molar refractivity (Wildman–Crippen MR) is 139 cm³/mol. The van der Waals surface area contributed by atoms with Gasteiger partial charge >= 0.3 is 11.9 Å². The van der Waals surface area contributed by atoms with Crippen LogP contribution in [0.15, 0.2) is 48.5 Å². The quantitative estimate of drug-likeness (QED) is 0.150. The van der Waals surface area contributed by atoms with Crippen LogP contribution in [-0.4, -0.2) is 37.7 Å². The molecule has 0 bridgehead atoms. The van der Waals surface area contributed by atoms with Gasteiger partial charge in [0.2, 0.25) is 0 Å². The lowest BCUT2D eigenvalue weighted by molar-refractivity contribution is -0.141. The number of benzene rings is 2. The zero-order valence-corrected chi connectivity index (χ0v) is 21.6. The molecule has 6 heteroatoms. The molecule has 0 unspecified atom stereocenters. The second kappa shape index (κ2) is 16.4. The third-order valence-corrected chi connectivity index (χ3v) is 6.26. The lowest BCUT2D eigenvalue weighted by Gasteiger charge is -2.05. The molecule has 0 fully saturated rings. The summed E-state index contributed by atoms with van der Waals surface area (Å²) < 4.78 is 9.29. The number of methoxy groups -OCH3 is 2. The molecule has 2 rings (SSSR count). The number of hydrogen-bond donors (Lipinski definition) is 0. The number of Topliss-reactive ketones (excluding diaryl/α,β-unsaturated/α-hetero) is 2. The Morgan fingerprint density at radius 1 is 0.500 bits per heavy atom. The molecule has 0 saturated carbocycles. The number of hydrogen-bond acceptors (Lipinski definition) is 6. The minimum absolute atomic E-state index is 0.138. The van der Waals surface area contributed by atoms with Crippen LogP contribution in [0.1, 0.15) is 96.1 Å². The third-order valence-electron chi connectivity index (χ3n) is 6.26. The maximum atomic E-state index is 12.4. The Hall–Kier alpha value is -3.28. The first kappa shape index (κ1) is 29.0. The van der Waals surface area contributed by atoms with Gasteiger partial charge in [-0.3, -0.25) is 19.2 Å².